The summed E-state index contributed by atoms with van der Waals surface area (Å²) in [7, 11) is 1.29. The molecule has 0 N–H and O–H groups in total. The average Bonchev–Trinajstić information content (AvgIpc) is 2.38. The number of hydrogen-bond acceptors (Lipinski definition) is 4. The third kappa shape index (κ3) is 2.56. The molecule has 0 heterocycles. The molecule has 0 radical (unpaired) electrons. The Hall–Kier alpha value is -2.17. The largest absolute Gasteiger partial charge is 0.468 e. The van der Waals surface area contributed by atoms with E-state index in [9.17, 15) is 14.9 Å². The SMILES string of the molecule is C=CCC(C)(C(=O)OC)c1cccc([N+](=O)[O-])c1. The molecule has 96 valence electrons. The van der Waals surface area contributed by atoms with Crippen LogP contribution < -0.4 is 0 Å². The fourth-order valence-corrected chi connectivity index (χ4v) is 1.80. The molecule has 0 aliphatic carbocycles. The van der Waals surface area contributed by atoms with Crippen LogP contribution in [-0.2, 0) is 14.9 Å². The number of benzene rings is 1. The molecule has 1 aromatic rings. The molecule has 0 spiro atoms. The van der Waals surface area contributed by atoms with Crippen molar-refractivity contribution in [1.82, 2.24) is 0 Å². The first-order valence-corrected chi connectivity index (χ1v) is 5.40. The molecule has 0 amide bonds. The highest BCUT2D eigenvalue weighted by Gasteiger charge is 2.36. The highest BCUT2D eigenvalue weighted by atomic mass is 16.6. The minimum absolute atomic E-state index is 0.0494. The molecule has 0 aliphatic rings. The Balaban J connectivity index is 3.29. The van der Waals surface area contributed by atoms with Crippen LogP contribution in [0.15, 0.2) is 36.9 Å². The number of ether oxygens (including phenoxy) is 1. The molecule has 1 rings (SSSR count). The quantitative estimate of drug-likeness (QED) is 0.348. The number of nitro groups is 1. The molecule has 1 aromatic carbocycles. The van der Waals surface area contributed by atoms with E-state index in [1.165, 1.54) is 19.2 Å². The number of methoxy groups -OCH3 is 1. The topological polar surface area (TPSA) is 69.4 Å². The van der Waals surface area contributed by atoms with E-state index >= 15 is 0 Å². The Morgan fingerprint density at radius 3 is 2.78 bits per heavy atom. The van der Waals surface area contributed by atoms with Gasteiger partial charge in [0.05, 0.1) is 17.4 Å². The number of esters is 1. The first kappa shape index (κ1) is 13.9. The second-order valence-corrected chi connectivity index (χ2v) is 4.12. The lowest BCUT2D eigenvalue weighted by atomic mass is 9.79. The van der Waals surface area contributed by atoms with E-state index in [4.69, 9.17) is 4.74 Å². The summed E-state index contributed by atoms with van der Waals surface area (Å²) in [5.41, 5.74) is -0.460. The summed E-state index contributed by atoms with van der Waals surface area (Å²) in [6.07, 6.45) is 1.94. The maximum Gasteiger partial charge on any atom is 0.316 e. The summed E-state index contributed by atoms with van der Waals surface area (Å²) < 4.78 is 4.77. The third-order valence-corrected chi connectivity index (χ3v) is 2.88. The van der Waals surface area contributed by atoms with Gasteiger partial charge in [-0.05, 0) is 18.9 Å². The van der Waals surface area contributed by atoms with Gasteiger partial charge in [-0.1, -0.05) is 18.2 Å². The van der Waals surface area contributed by atoms with Crippen molar-refractivity contribution in [3.63, 3.8) is 0 Å². The van der Waals surface area contributed by atoms with Crippen LogP contribution in [0.1, 0.15) is 18.9 Å². The van der Waals surface area contributed by atoms with Crippen molar-refractivity contribution >= 4 is 11.7 Å². The second-order valence-electron chi connectivity index (χ2n) is 4.12. The molecule has 1 atom stereocenters. The number of nitro benzene ring substituents is 1. The molecule has 0 fully saturated rings. The predicted octanol–water partition coefficient (Wildman–Crippen LogP) is 2.60. The van der Waals surface area contributed by atoms with Gasteiger partial charge in [-0.2, -0.15) is 0 Å². The molecule has 0 saturated carbocycles. The van der Waals surface area contributed by atoms with Gasteiger partial charge in [0.2, 0.25) is 0 Å². The fraction of sp³-hybridized carbons (Fsp3) is 0.308. The molecule has 1 unspecified atom stereocenters. The molecule has 18 heavy (non-hydrogen) atoms. The first-order chi connectivity index (χ1) is 8.45. The van der Waals surface area contributed by atoms with Gasteiger partial charge in [-0.3, -0.25) is 14.9 Å². The minimum atomic E-state index is -0.956. The molecule has 0 aliphatic heterocycles. The fourth-order valence-electron chi connectivity index (χ4n) is 1.80. The highest BCUT2D eigenvalue weighted by molar-refractivity contribution is 5.83. The molecule has 0 saturated heterocycles. The highest BCUT2D eigenvalue weighted by Crippen LogP contribution is 2.31. The van der Waals surface area contributed by atoms with Crippen molar-refractivity contribution in [2.75, 3.05) is 7.11 Å². The summed E-state index contributed by atoms with van der Waals surface area (Å²) in [5.74, 6) is -0.442. The average molecular weight is 249 g/mol. The zero-order valence-corrected chi connectivity index (χ0v) is 10.4. The first-order valence-electron chi connectivity index (χ1n) is 5.40. The normalized spacial score (nSPS) is 13.4. The Morgan fingerprint density at radius 2 is 2.28 bits per heavy atom. The van der Waals surface area contributed by atoms with Gasteiger partial charge in [-0.25, -0.2) is 0 Å². The van der Waals surface area contributed by atoms with Crippen LogP contribution in [0, 0.1) is 10.1 Å². The van der Waals surface area contributed by atoms with Gasteiger partial charge < -0.3 is 4.74 Å². The number of carbonyl (C=O) groups is 1. The van der Waals surface area contributed by atoms with E-state index in [2.05, 4.69) is 6.58 Å². The van der Waals surface area contributed by atoms with Crippen molar-refractivity contribution < 1.29 is 14.5 Å². The lowest BCUT2D eigenvalue weighted by Gasteiger charge is -2.25. The Morgan fingerprint density at radius 1 is 1.61 bits per heavy atom. The lowest BCUT2D eigenvalue weighted by Crippen LogP contribution is -2.33. The van der Waals surface area contributed by atoms with E-state index in [0.717, 1.165) is 0 Å². The van der Waals surface area contributed by atoms with Gasteiger partial charge in [0.1, 0.15) is 0 Å². The van der Waals surface area contributed by atoms with Crippen LogP contribution in [0.5, 0.6) is 0 Å². The number of rotatable bonds is 5. The van der Waals surface area contributed by atoms with Gasteiger partial charge in [-0.15, -0.1) is 6.58 Å². The zero-order valence-electron chi connectivity index (χ0n) is 10.4. The summed E-state index contributed by atoms with van der Waals surface area (Å²) in [6.45, 7) is 5.28. The zero-order chi connectivity index (χ0) is 13.8. The van der Waals surface area contributed by atoms with Gasteiger partial charge in [0.15, 0.2) is 0 Å². The van der Waals surface area contributed by atoms with Gasteiger partial charge in [0, 0.05) is 12.1 Å². The van der Waals surface area contributed by atoms with E-state index in [-0.39, 0.29) is 5.69 Å². The summed E-state index contributed by atoms with van der Waals surface area (Å²) >= 11 is 0. The summed E-state index contributed by atoms with van der Waals surface area (Å²) in [5, 5.41) is 10.7. The molecule has 5 nitrogen and oxygen atoms in total. The van der Waals surface area contributed by atoms with Crippen LogP contribution in [0.2, 0.25) is 0 Å². The standard InChI is InChI=1S/C13H15NO4/c1-4-8-13(2,12(15)18-3)10-6-5-7-11(9-10)14(16)17/h4-7,9H,1,8H2,2-3H3. The van der Waals surface area contributed by atoms with Crippen molar-refractivity contribution in [1.29, 1.82) is 0 Å². The minimum Gasteiger partial charge on any atom is -0.468 e. The van der Waals surface area contributed by atoms with Crippen LogP contribution in [-0.4, -0.2) is 18.0 Å². The molecule has 0 bridgehead atoms. The van der Waals surface area contributed by atoms with Crippen molar-refractivity contribution in [2.45, 2.75) is 18.8 Å². The Labute approximate surface area is 105 Å². The predicted molar refractivity (Wildman–Crippen MR) is 67.3 cm³/mol. The maximum atomic E-state index is 11.9. The summed E-state index contributed by atoms with van der Waals surface area (Å²) in [4.78, 5) is 22.1. The second kappa shape index (κ2) is 5.44. The van der Waals surface area contributed by atoms with Gasteiger partial charge >= 0.3 is 5.97 Å². The lowest BCUT2D eigenvalue weighted by molar-refractivity contribution is -0.384. The number of carbonyl (C=O) groups excluding carboxylic acids is 1. The smallest absolute Gasteiger partial charge is 0.316 e. The van der Waals surface area contributed by atoms with Crippen LogP contribution in [0.25, 0.3) is 0 Å². The van der Waals surface area contributed by atoms with E-state index in [1.54, 1.807) is 25.1 Å². The monoisotopic (exact) mass is 249 g/mol. The Bertz CT molecular complexity index is 484. The van der Waals surface area contributed by atoms with E-state index < -0.39 is 16.3 Å². The third-order valence-electron chi connectivity index (χ3n) is 2.88. The Kier molecular flexibility index (Phi) is 4.20. The maximum absolute atomic E-state index is 11.9. The van der Waals surface area contributed by atoms with Crippen LogP contribution >= 0.6 is 0 Å². The van der Waals surface area contributed by atoms with Gasteiger partial charge in [0.25, 0.3) is 5.69 Å². The molecule has 5 heteroatoms. The van der Waals surface area contributed by atoms with E-state index in [0.29, 0.717) is 12.0 Å². The summed E-state index contributed by atoms with van der Waals surface area (Å²) in [6, 6.07) is 6.00. The molecular formula is C13H15NO4. The van der Waals surface area contributed by atoms with Crippen LogP contribution in [0.4, 0.5) is 5.69 Å². The molecular weight excluding hydrogens is 234 g/mol. The molecule has 0 aromatic heterocycles. The number of nitrogens with zero attached hydrogens (tertiary/aromatic N) is 1. The van der Waals surface area contributed by atoms with Crippen molar-refractivity contribution in [3.8, 4) is 0 Å². The van der Waals surface area contributed by atoms with Crippen LogP contribution in [0.3, 0.4) is 0 Å². The van der Waals surface area contributed by atoms with E-state index in [1.807, 2.05) is 0 Å². The number of allylic oxidation sites excluding steroid dienone is 1. The van der Waals surface area contributed by atoms with Crippen molar-refractivity contribution in [2.24, 2.45) is 0 Å². The number of non-ortho nitro benzene ring substituents is 1. The van der Waals surface area contributed by atoms with Crippen molar-refractivity contribution in [3.05, 3.63) is 52.6 Å². The number of hydrogen-bond donors (Lipinski definition) is 0.